The van der Waals surface area contributed by atoms with Gasteiger partial charge in [-0.3, -0.25) is 37.3 Å². The number of carbonyl (C=O) groups excluding carboxylic acids is 4. The first-order valence-electron chi connectivity index (χ1n) is 42.0. The van der Waals surface area contributed by atoms with Crippen LogP contribution < -0.4 is 0 Å². The lowest BCUT2D eigenvalue weighted by Crippen LogP contribution is -2.30. The van der Waals surface area contributed by atoms with Crippen LogP contribution in [-0.4, -0.2) is 96.7 Å². The van der Waals surface area contributed by atoms with Gasteiger partial charge in [-0.15, -0.1) is 0 Å². The van der Waals surface area contributed by atoms with Crippen molar-refractivity contribution in [3.05, 3.63) is 219 Å². The molecule has 2 unspecified atom stereocenters. The van der Waals surface area contributed by atoms with E-state index in [0.717, 1.165) is 128 Å². The Labute approximate surface area is 677 Å². The third kappa shape index (κ3) is 81.4. The molecule has 0 bridgehead atoms. The molecule has 0 aliphatic carbocycles. The molecule has 112 heavy (non-hydrogen) atoms. The lowest BCUT2D eigenvalue weighted by Gasteiger charge is -2.21. The number of carbonyl (C=O) groups is 4. The molecule has 0 aromatic rings. The molecule has 5 atom stereocenters. The summed E-state index contributed by atoms with van der Waals surface area (Å²) in [5.74, 6) is -2.50. The van der Waals surface area contributed by atoms with Crippen molar-refractivity contribution in [3.8, 4) is 0 Å². The first-order chi connectivity index (χ1) is 54.7. The fourth-order valence-electron chi connectivity index (χ4n) is 10.1. The van der Waals surface area contributed by atoms with E-state index in [0.29, 0.717) is 44.9 Å². The van der Waals surface area contributed by atoms with Crippen LogP contribution in [0.5, 0.6) is 0 Å². The number of phosphoric acid groups is 2. The standard InChI is InChI=1S/C93H146O17P2/c1-5-9-13-17-21-25-29-33-37-40-43-46-50-54-58-62-66-70-74-78-91(96)104-84-89(110-93(98)80-76-72-68-64-60-56-52-48-45-42-39-35-31-27-23-19-15-11-7-3)86-108-112(101,102)106-82-87(94)81-105-111(99,100)107-85-88(83-103-90(95)77-73-69-65-61-57-53-49-36-32-28-24-20-16-12-8-4)109-92(97)79-75-71-67-63-59-55-51-47-44-41-38-34-30-26-22-18-14-10-6-2/h9,11,13,15,21-23,25-27,33-39,43-49,54-56,58-60,66-68,70-72,87-89,94H,5-8,10,12,14,16-20,24,28-32,40-42,50-53,57,61-65,69,73-86H2,1-4H3,(H,99,100)(H,101,102)/b13-9-,15-11-,25-21-,26-22-,27-23-,37-33-,38-34-,39-35-,46-43-,47-44-,48-45-,49-36-,58-54-,59-55-,60-56-,70-66-,71-67-,72-68-/t87-,88+,89+/m0/s1. The number of rotatable bonds is 76. The number of ether oxygens (including phenoxy) is 4. The van der Waals surface area contributed by atoms with Crippen molar-refractivity contribution in [3.63, 3.8) is 0 Å². The van der Waals surface area contributed by atoms with E-state index in [1.54, 1.807) is 0 Å². The van der Waals surface area contributed by atoms with E-state index in [-0.39, 0.29) is 25.7 Å². The van der Waals surface area contributed by atoms with Crippen molar-refractivity contribution in [1.82, 2.24) is 0 Å². The van der Waals surface area contributed by atoms with E-state index in [4.69, 9.17) is 37.0 Å². The van der Waals surface area contributed by atoms with Crippen LogP contribution in [0, 0.1) is 0 Å². The molecule has 0 amide bonds. The highest BCUT2D eigenvalue weighted by atomic mass is 31.2. The average Bonchev–Trinajstić information content (AvgIpc) is 0.908. The summed E-state index contributed by atoms with van der Waals surface area (Å²) in [5, 5.41) is 10.7. The number of allylic oxidation sites excluding steroid dienone is 36. The average molecular weight is 1600 g/mol. The number of unbranched alkanes of at least 4 members (excludes halogenated alkanes) is 14. The molecule has 0 aromatic carbocycles. The number of phosphoric ester groups is 2. The van der Waals surface area contributed by atoms with E-state index in [1.165, 1.54) is 57.8 Å². The predicted octanol–water partition coefficient (Wildman–Crippen LogP) is 25.2. The van der Waals surface area contributed by atoms with Crippen molar-refractivity contribution in [2.75, 3.05) is 39.6 Å². The van der Waals surface area contributed by atoms with Crippen LogP contribution in [0.25, 0.3) is 0 Å². The van der Waals surface area contributed by atoms with E-state index < -0.39 is 97.5 Å². The molecule has 630 valence electrons. The second kappa shape index (κ2) is 82.4. The quantitative estimate of drug-likeness (QED) is 0.0169. The normalized spacial score (nSPS) is 14.9. The fraction of sp³-hybridized carbons (Fsp3) is 0.570. The Hall–Kier alpha value is -6.62. The highest BCUT2D eigenvalue weighted by molar-refractivity contribution is 7.47. The van der Waals surface area contributed by atoms with Gasteiger partial charge in [-0.1, -0.05) is 311 Å². The van der Waals surface area contributed by atoms with Crippen LogP contribution in [0.4, 0.5) is 0 Å². The van der Waals surface area contributed by atoms with Gasteiger partial charge in [0, 0.05) is 25.7 Å². The van der Waals surface area contributed by atoms with E-state index in [9.17, 15) is 43.2 Å². The zero-order valence-corrected chi connectivity index (χ0v) is 70.8. The van der Waals surface area contributed by atoms with Crippen molar-refractivity contribution >= 4 is 39.5 Å². The molecule has 0 rings (SSSR count). The zero-order chi connectivity index (χ0) is 81.7. The monoisotopic (exact) mass is 1600 g/mol. The van der Waals surface area contributed by atoms with Crippen LogP contribution in [0.2, 0.25) is 0 Å². The zero-order valence-electron chi connectivity index (χ0n) is 69.0. The van der Waals surface area contributed by atoms with Crippen LogP contribution in [0.1, 0.15) is 285 Å². The summed E-state index contributed by atoms with van der Waals surface area (Å²) in [6.07, 6.45) is 105. The third-order valence-corrected chi connectivity index (χ3v) is 18.3. The molecule has 0 aromatic heterocycles. The largest absolute Gasteiger partial charge is 0.472 e. The van der Waals surface area contributed by atoms with Gasteiger partial charge in [0.15, 0.2) is 12.2 Å². The first-order valence-corrected chi connectivity index (χ1v) is 45.0. The summed E-state index contributed by atoms with van der Waals surface area (Å²) in [7, 11) is -10.1. The summed E-state index contributed by atoms with van der Waals surface area (Å²) in [5.41, 5.74) is 0. The summed E-state index contributed by atoms with van der Waals surface area (Å²) < 4.78 is 68.5. The molecule has 0 fully saturated rings. The Morgan fingerprint density at radius 1 is 0.259 bits per heavy atom. The van der Waals surface area contributed by atoms with Crippen LogP contribution in [-0.2, 0) is 65.4 Å². The van der Waals surface area contributed by atoms with Crippen LogP contribution >= 0.6 is 15.6 Å². The van der Waals surface area contributed by atoms with Crippen molar-refractivity contribution in [2.45, 2.75) is 303 Å². The Morgan fingerprint density at radius 3 is 0.795 bits per heavy atom. The lowest BCUT2D eigenvalue weighted by atomic mass is 10.1. The molecule has 17 nitrogen and oxygen atoms in total. The Bertz CT molecular complexity index is 2990. The molecule has 19 heteroatoms. The van der Waals surface area contributed by atoms with Gasteiger partial charge in [0.1, 0.15) is 19.3 Å². The third-order valence-electron chi connectivity index (χ3n) is 16.4. The van der Waals surface area contributed by atoms with Crippen molar-refractivity contribution < 1.29 is 80.2 Å². The number of hydrogen-bond acceptors (Lipinski definition) is 15. The van der Waals surface area contributed by atoms with E-state index >= 15 is 0 Å². The number of aliphatic hydroxyl groups is 1. The molecular weight excluding hydrogens is 1450 g/mol. The second-order valence-electron chi connectivity index (χ2n) is 26.9. The Balaban J connectivity index is 5.62. The molecular formula is C93H146O17P2. The molecule has 0 saturated heterocycles. The topological polar surface area (TPSA) is 237 Å². The van der Waals surface area contributed by atoms with Crippen molar-refractivity contribution in [2.24, 2.45) is 0 Å². The SMILES string of the molecule is CC/C=C\C/C=C\C/C=C\C/C=C\C/C=C\C/C=C\CCC(=O)OC[C@H](COP(=O)(O)OC[C@@H](O)COP(=O)(O)OC[C@@H](COC(=O)CCCCCCC/C=C\CCCCCCCC)OC(=O)CC/C=C\C/C=C\C/C=C\C/C=C\C/C=C\CCCCC)OC(=O)CC/C=C\C/C=C\C/C=C\C/C=C\C/C=C\C/C=C\CC. The Morgan fingerprint density at radius 2 is 0.482 bits per heavy atom. The molecule has 0 spiro atoms. The minimum Gasteiger partial charge on any atom is -0.462 e. The smallest absolute Gasteiger partial charge is 0.462 e. The maximum atomic E-state index is 13.1. The van der Waals surface area contributed by atoms with Gasteiger partial charge in [0.05, 0.1) is 26.4 Å². The van der Waals surface area contributed by atoms with Gasteiger partial charge in [-0.05, 0) is 167 Å². The summed E-state index contributed by atoms with van der Waals surface area (Å²) in [6, 6.07) is 0. The van der Waals surface area contributed by atoms with Gasteiger partial charge in [0.25, 0.3) is 0 Å². The second-order valence-corrected chi connectivity index (χ2v) is 29.8. The number of hydrogen-bond donors (Lipinski definition) is 3. The fourth-order valence-corrected chi connectivity index (χ4v) is 11.7. The molecule has 0 radical (unpaired) electrons. The maximum absolute atomic E-state index is 13.1. The van der Waals surface area contributed by atoms with Gasteiger partial charge in [-0.2, -0.15) is 0 Å². The minimum absolute atomic E-state index is 0.00856. The van der Waals surface area contributed by atoms with Gasteiger partial charge >= 0.3 is 39.5 Å². The minimum atomic E-state index is -5.04. The van der Waals surface area contributed by atoms with Crippen LogP contribution in [0.3, 0.4) is 0 Å². The van der Waals surface area contributed by atoms with Crippen molar-refractivity contribution in [1.29, 1.82) is 0 Å². The number of aliphatic hydroxyl groups excluding tert-OH is 1. The first kappa shape index (κ1) is 105. The van der Waals surface area contributed by atoms with E-state index in [1.807, 2.05) is 54.7 Å². The summed E-state index contributed by atoms with van der Waals surface area (Å²) in [6.45, 7) is 4.32. The number of esters is 4. The maximum Gasteiger partial charge on any atom is 0.472 e. The van der Waals surface area contributed by atoms with Gasteiger partial charge in [0.2, 0.25) is 0 Å². The summed E-state index contributed by atoms with van der Waals surface area (Å²) in [4.78, 5) is 73.1. The summed E-state index contributed by atoms with van der Waals surface area (Å²) >= 11 is 0. The van der Waals surface area contributed by atoms with Gasteiger partial charge < -0.3 is 33.8 Å². The molecule has 3 N–H and O–H groups in total. The molecule has 0 heterocycles. The Kier molecular flexibility index (Phi) is 77.5. The van der Waals surface area contributed by atoms with E-state index in [2.05, 4.69) is 192 Å². The predicted molar refractivity (Wildman–Crippen MR) is 463 cm³/mol. The van der Waals surface area contributed by atoms with Gasteiger partial charge in [-0.25, -0.2) is 9.13 Å². The molecule has 0 aliphatic rings. The highest BCUT2D eigenvalue weighted by Crippen LogP contribution is 2.45. The molecule has 0 aliphatic heterocycles. The lowest BCUT2D eigenvalue weighted by molar-refractivity contribution is -0.161. The highest BCUT2D eigenvalue weighted by Gasteiger charge is 2.30. The molecule has 0 saturated carbocycles. The van der Waals surface area contributed by atoms with Crippen LogP contribution in [0.15, 0.2) is 219 Å².